The third-order valence-electron chi connectivity index (χ3n) is 5.07. The lowest BCUT2D eigenvalue weighted by Crippen LogP contribution is -2.23. The van der Waals surface area contributed by atoms with E-state index in [2.05, 4.69) is 10.2 Å². The molecule has 1 fully saturated rings. The highest BCUT2D eigenvalue weighted by molar-refractivity contribution is 7.99. The highest BCUT2D eigenvalue weighted by atomic mass is 32.2. The highest BCUT2D eigenvalue weighted by Gasteiger charge is 2.23. The van der Waals surface area contributed by atoms with Crippen LogP contribution in [-0.2, 0) is 11.3 Å². The molecule has 2 aromatic heterocycles. The van der Waals surface area contributed by atoms with Gasteiger partial charge in [0, 0.05) is 35.6 Å². The Bertz CT molecular complexity index is 1110. The first-order chi connectivity index (χ1) is 14.4. The molecule has 1 aliphatic rings. The Hall–Kier alpha value is -2.94. The van der Waals surface area contributed by atoms with Gasteiger partial charge in [-0.25, -0.2) is 4.39 Å². The van der Waals surface area contributed by atoms with Gasteiger partial charge in [-0.05, 0) is 44.5 Å². The molecule has 0 saturated carbocycles. The van der Waals surface area contributed by atoms with Crippen LogP contribution in [0.2, 0.25) is 0 Å². The van der Waals surface area contributed by atoms with Crippen molar-refractivity contribution in [2.75, 3.05) is 12.3 Å². The summed E-state index contributed by atoms with van der Waals surface area (Å²) in [6.45, 7) is 4.72. The molecule has 0 unspecified atom stereocenters. The number of nitrogens with zero attached hydrogens (tertiary/aromatic N) is 4. The third-order valence-corrected chi connectivity index (χ3v) is 5.89. The maximum atomic E-state index is 13.6. The van der Waals surface area contributed by atoms with Crippen molar-refractivity contribution in [1.82, 2.24) is 19.7 Å². The summed E-state index contributed by atoms with van der Waals surface area (Å²) in [5.74, 6) is 0.185. The number of thioether (sulfide) groups is 1. The summed E-state index contributed by atoms with van der Waals surface area (Å²) in [6.07, 6.45) is 1.40. The summed E-state index contributed by atoms with van der Waals surface area (Å²) < 4.78 is 21.0. The fourth-order valence-electron chi connectivity index (χ4n) is 3.66. The lowest BCUT2D eigenvalue weighted by atomic mass is 10.2. The molecule has 30 heavy (non-hydrogen) atoms. The fraction of sp³-hybridized carbons (Fsp3) is 0.333. The fourth-order valence-corrected chi connectivity index (χ4v) is 4.32. The van der Waals surface area contributed by atoms with E-state index in [1.54, 1.807) is 23.1 Å². The van der Waals surface area contributed by atoms with E-state index in [1.807, 2.05) is 18.4 Å². The number of rotatable bonds is 7. The van der Waals surface area contributed by atoms with Gasteiger partial charge in [-0.2, -0.15) is 0 Å². The Morgan fingerprint density at radius 3 is 2.83 bits per heavy atom. The minimum Gasteiger partial charge on any atom is -0.414 e. The predicted molar refractivity (Wildman–Crippen MR) is 109 cm³/mol. The maximum Gasteiger partial charge on any atom is 0.277 e. The third kappa shape index (κ3) is 4.16. The second kappa shape index (κ2) is 8.43. The van der Waals surface area contributed by atoms with Crippen LogP contribution in [0.5, 0.6) is 0 Å². The summed E-state index contributed by atoms with van der Waals surface area (Å²) in [7, 11) is 0. The van der Waals surface area contributed by atoms with Gasteiger partial charge in [-0.1, -0.05) is 17.8 Å². The standard InChI is InChI=1S/C21H21FN4O3S/c1-13-9-17(14(2)26(13)16-6-3-5-15(22)10-16)18(27)12-30-21-24-23-19(29-21)11-25-8-4-7-20(25)28/h3,5-6,9-10H,4,7-8,11-12H2,1-2H3. The Morgan fingerprint density at radius 2 is 2.10 bits per heavy atom. The van der Waals surface area contributed by atoms with Crippen molar-refractivity contribution in [1.29, 1.82) is 0 Å². The lowest BCUT2D eigenvalue weighted by Gasteiger charge is -2.11. The largest absolute Gasteiger partial charge is 0.414 e. The minimum atomic E-state index is -0.328. The summed E-state index contributed by atoms with van der Waals surface area (Å²) in [6, 6.07) is 8.08. The summed E-state index contributed by atoms with van der Waals surface area (Å²) in [5.41, 5.74) is 2.85. The molecule has 1 amide bonds. The number of aromatic nitrogens is 3. The van der Waals surface area contributed by atoms with Crippen molar-refractivity contribution in [2.45, 2.75) is 38.5 Å². The first-order valence-electron chi connectivity index (χ1n) is 9.63. The molecule has 0 atom stereocenters. The highest BCUT2D eigenvalue weighted by Crippen LogP contribution is 2.25. The molecule has 4 rings (SSSR count). The van der Waals surface area contributed by atoms with Crippen molar-refractivity contribution in [2.24, 2.45) is 0 Å². The first-order valence-corrected chi connectivity index (χ1v) is 10.6. The number of benzene rings is 1. The zero-order chi connectivity index (χ0) is 21.3. The van der Waals surface area contributed by atoms with Crippen molar-refractivity contribution in [3.05, 3.63) is 59.0 Å². The van der Waals surface area contributed by atoms with Crippen LogP contribution in [0.1, 0.15) is 40.5 Å². The Labute approximate surface area is 177 Å². The molecular weight excluding hydrogens is 407 g/mol. The van der Waals surface area contributed by atoms with Gasteiger partial charge in [0.15, 0.2) is 5.78 Å². The number of amides is 1. The minimum absolute atomic E-state index is 0.0785. The molecule has 1 aliphatic heterocycles. The molecular formula is C21H21FN4O3S. The van der Waals surface area contributed by atoms with Gasteiger partial charge in [0.1, 0.15) is 5.82 Å². The Balaban J connectivity index is 1.42. The lowest BCUT2D eigenvalue weighted by molar-refractivity contribution is -0.128. The molecule has 0 N–H and O–H groups in total. The zero-order valence-corrected chi connectivity index (χ0v) is 17.5. The zero-order valence-electron chi connectivity index (χ0n) is 16.7. The van der Waals surface area contributed by atoms with Gasteiger partial charge in [-0.15, -0.1) is 10.2 Å². The molecule has 3 aromatic rings. The summed E-state index contributed by atoms with van der Waals surface area (Å²) >= 11 is 1.16. The number of hydrogen-bond donors (Lipinski definition) is 0. The van der Waals surface area contributed by atoms with Gasteiger partial charge in [0.2, 0.25) is 11.8 Å². The molecule has 3 heterocycles. The molecule has 1 saturated heterocycles. The van der Waals surface area contributed by atoms with E-state index in [4.69, 9.17) is 4.42 Å². The molecule has 0 spiro atoms. The molecule has 1 aromatic carbocycles. The van der Waals surface area contributed by atoms with E-state index in [-0.39, 0.29) is 23.3 Å². The van der Waals surface area contributed by atoms with E-state index in [0.29, 0.717) is 41.9 Å². The van der Waals surface area contributed by atoms with Gasteiger partial charge >= 0.3 is 0 Å². The number of Topliss-reactive ketones (excluding diaryl/α,β-unsaturated/α-hetero) is 1. The average Bonchev–Trinajstić information content (AvgIpc) is 3.40. The average molecular weight is 428 g/mol. The van der Waals surface area contributed by atoms with Crippen LogP contribution >= 0.6 is 11.8 Å². The SMILES string of the molecule is Cc1cc(C(=O)CSc2nnc(CN3CCCC3=O)o2)c(C)n1-c1cccc(F)c1. The predicted octanol–water partition coefficient (Wildman–Crippen LogP) is 3.71. The van der Waals surface area contributed by atoms with Crippen LogP contribution in [0, 0.1) is 19.7 Å². The van der Waals surface area contributed by atoms with Crippen LogP contribution in [0.4, 0.5) is 4.39 Å². The van der Waals surface area contributed by atoms with E-state index in [0.717, 1.165) is 29.6 Å². The molecule has 0 bridgehead atoms. The van der Waals surface area contributed by atoms with E-state index in [9.17, 15) is 14.0 Å². The van der Waals surface area contributed by atoms with Crippen LogP contribution in [0.15, 0.2) is 40.0 Å². The van der Waals surface area contributed by atoms with Crippen molar-refractivity contribution in [3.8, 4) is 5.69 Å². The monoisotopic (exact) mass is 428 g/mol. The van der Waals surface area contributed by atoms with E-state index in [1.165, 1.54) is 12.1 Å². The number of hydrogen-bond acceptors (Lipinski definition) is 6. The smallest absolute Gasteiger partial charge is 0.277 e. The maximum absolute atomic E-state index is 13.6. The molecule has 9 heteroatoms. The number of carbonyl (C=O) groups is 2. The van der Waals surface area contributed by atoms with Gasteiger partial charge < -0.3 is 13.9 Å². The number of aryl methyl sites for hydroxylation is 1. The molecule has 0 aliphatic carbocycles. The van der Waals surface area contributed by atoms with Crippen LogP contribution < -0.4 is 0 Å². The Morgan fingerprint density at radius 1 is 1.27 bits per heavy atom. The van der Waals surface area contributed by atoms with Crippen LogP contribution in [0.25, 0.3) is 5.69 Å². The van der Waals surface area contributed by atoms with Crippen molar-refractivity contribution >= 4 is 23.5 Å². The quantitative estimate of drug-likeness (QED) is 0.422. The summed E-state index contributed by atoms with van der Waals surface area (Å²) in [4.78, 5) is 26.2. The summed E-state index contributed by atoms with van der Waals surface area (Å²) in [5, 5.41) is 8.22. The van der Waals surface area contributed by atoms with Crippen molar-refractivity contribution < 1.29 is 18.4 Å². The Kier molecular flexibility index (Phi) is 5.72. The first kappa shape index (κ1) is 20.3. The molecule has 7 nitrogen and oxygen atoms in total. The number of ketones is 1. The number of halogens is 1. The number of likely N-dealkylation sites (tertiary alicyclic amines) is 1. The molecule has 0 radical (unpaired) electrons. The van der Waals surface area contributed by atoms with Crippen molar-refractivity contribution in [3.63, 3.8) is 0 Å². The van der Waals surface area contributed by atoms with E-state index < -0.39 is 0 Å². The van der Waals surface area contributed by atoms with E-state index >= 15 is 0 Å². The van der Waals surface area contributed by atoms with Crippen LogP contribution in [-0.4, -0.2) is 43.7 Å². The topological polar surface area (TPSA) is 81.2 Å². The molecule has 156 valence electrons. The second-order valence-corrected chi connectivity index (χ2v) is 8.12. The number of carbonyl (C=O) groups excluding carboxylic acids is 2. The van der Waals surface area contributed by atoms with Gasteiger partial charge in [-0.3, -0.25) is 9.59 Å². The van der Waals surface area contributed by atoms with Crippen LogP contribution in [0.3, 0.4) is 0 Å². The second-order valence-electron chi connectivity index (χ2n) is 7.19. The van der Waals surface area contributed by atoms with Gasteiger partial charge in [0.05, 0.1) is 12.3 Å². The van der Waals surface area contributed by atoms with Gasteiger partial charge in [0.25, 0.3) is 5.22 Å². The normalized spacial score (nSPS) is 14.0.